The van der Waals surface area contributed by atoms with Crippen LogP contribution < -0.4 is 26.6 Å². The molecule has 10 nitrogen and oxygen atoms in total. The molecule has 10 heteroatoms. The first-order chi connectivity index (χ1) is 67.3. The third-order valence-corrected chi connectivity index (χ3v) is 25.5. The molecule has 0 aliphatic carbocycles. The fourth-order valence-corrected chi connectivity index (χ4v) is 19.0. The van der Waals surface area contributed by atoms with Crippen LogP contribution in [0.5, 0.6) is 0 Å². The lowest BCUT2D eigenvalue weighted by Crippen LogP contribution is -1.92. The van der Waals surface area contributed by atoms with E-state index in [-0.39, 0.29) is 0 Å². The molecule has 644 valence electrons. The van der Waals surface area contributed by atoms with Crippen LogP contribution >= 0.6 is 0 Å². The molecule has 0 bridgehead atoms. The van der Waals surface area contributed by atoms with E-state index in [1.165, 1.54) is 86.9 Å². The monoisotopic (exact) mass is 1750 g/mol. The van der Waals surface area contributed by atoms with E-state index in [0.29, 0.717) is 0 Å². The molecule has 0 saturated heterocycles. The maximum Gasteiger partial charge on any atom is 0.135 e. The quantitative estimate of drug-likeness (QED) is 0.0755. The first-order valence-electron chi connectivity index (χ1n) is 45.8. The number of rotatable bonds is 12. The second kappa shape index (κ2) is 35.5. The van der Waals surface area contributed by atoms with Crippen LogP contribution in [0.4, 0.5) is 56.9 Å². The summed E-state index contributed by atoms with van der Waals surface area (Å²) in [5.41, 5.74) is 24.7. The number of hydrogen-bond donors (Lipinski definition) is 5. The predicted molar refractivity (Wildman–Crippen MR) is 573 cm³/mol. The van der Waals surface area contributed by atoms with Gasteiger partial charge in [-0.25, -0.2) is 0 Å². The fourth-order valence-electron chi connectivity index (χ4n) is 19.0. The zero-order chi connectivity index (χ0) is 90.2. The standard InChI is InChI=1S/C30H19NO.C26H17NO.2C24H17NO.C22H15NO/c1-2-9-23-21(7-1)22-8-3-4-10-24(22)27-17-19(13-15-25(23)27)31-20-14-16-30-28(18-20)26-11-5-6-12-29(26)32-30;1-2-8-19-17(7-1)15-24(21-10-4-3-9-20(19)21)27-18-13-14-26-23(16-18)22-11-5-6-12-25(22)28-26;1-2-7-17(8-3-1)18-9-6-10-19(15-18)25-20-13-14-24-22(16-20)21-11-4-5-12-23(21)26-24;1-2-6-17(7-3-1)18-10-12-19(13-11-18)25-20-14-15-24-22(16-20)21-8-4-5-9-23(21)26-24;1-2-6-16-13-17(10-9-15(16)5-1)23-18-11-12-22-20(14-18)19-7-3-4-8-21(19)24-22/h1-18,31H;1-16,27H;2*1-16,25H;1-14,23H. The lowest BCUT2D eigenvalue weighted by atomic mass is 9.94. The Kier molecular flexibility index (Phi) is 21.1. The van der Waals surface area contributed by atoms with Gasteiger partial charge in [-0.15, -0.1) is 0 Å². The van der Waals surface area contributed by atoms with Gasteiger partial charge in [0.15, 0.2) is 0 Å². The van der Waals surface area contributed by atoms with Gasteiger partial charge in [0.1, 0.15) is 55.8 Å². The van der Waals surface area contributed by atoms with Crippen molar-refractivity contribution in [2.24, 2.45) is 0 Å². The van der Waals surface area contributed by atoms with Crippen molar-refractivity contribution < 1.29 is 22.1 Å². The lowest BCUT2D eigenvalue weighted by molar-refractivity contribution is 0.668. The van der Waals surface area contributed by atoms with Crippen molar-refractivity contribution in [1.29, 1.82) is 0 Å². The van der Waals surface area contributed by atoms with E-state index >= 15 is 0 Å². The summed E-state index contributed by atoms with van der Waals surface area (Å²) in [5, 5.41) is 44.3. The highest BCUT2D eigenvalue weighted by molar-refractivity contribution is 6.26. The van der Waals surface area contributed by atoms with Crippen molar-refractivity contribution in [3.05, 3.63) is 485 Å². The Labute approximate surface area is 782 Å². The van der Waals surface area contributed by atoms with E-state index in [1.54, 1.807) is 0 Å². The third kappa shape index (κ3) is 16.2. The highest BCUT2D eigenvalue weighted by atomic mass is 16.3. The van der Waals surface area contributed by atoms with Gasteiger partial charge in [0.2, 0.25) is 0 Å². The number of para-hydroxylation sites is 5. The molecule has 0 radical (unpaired) electrons. The number of nitrogens with one attached hydrogen (secondary N) is 5. The minimum absolute atomic E-state index is 0.910. The Balaban J connectivity index is 0.0000000933. The number of benzene rings is 23. The van der Waals surface area contributed by atoms with Crippen molar-refractivity contribution in [3.63, 3.8) is 0 Å². The number of hydrogen-bond acceptors (Lipinski definition) is 10. The topological polar surface area (TPSA) is 126 Å². The van der Waals surface area contributed by atoms with E-state index in [0.717, 1.165) is 167 Å². The van der Waals surface area contributed by atoms with Crippen molar-refractivity contribution in [2.75, 3.05) is 26.6 Å². The van der Waals surface area contributed by atoms with Gasteiger partial charge in [-0.05, 0) is 257 Å². The zero-order valence-corrected chi connectivity index (χ0v) is 73.7. The fraction of sp³-hybridized carbons (Fsp3) is 0. The molecule has 0 aliphatic heterocycles. The minimum Gasteiger partial charge on any atom is -0.456 e. The van der Waals surface area contributed by atoms with Crippen LogP contribution in [0.25, 0.3) is 197 Å². The van der Waals surface area contributed by atoms with Gasteiger partial charge in [0.05, 0.1) is 0 Å². The zero-order valence-electron chi connectivity index (χ0n) is 73.7. The van der Waals surface area contributed by atoms with Crippen LogP contribution in [0.2, 0.25) is 0 Å². The van der Waals surface area contributed by atoms with Crippen LogP contribution in [0.15, 0.2) is 507 Å². The Morgan fingerprint density at radius 1 is 0.110 bits per heavy atom. The summed E-state index contributed by atoms with van der Waals surface area (Å²) in [6, 6.07) is 168. The normalized spacial score (nSPS) is 11.4. The second-order valence-corrected chi connectivity index (χ2v) is 34.2. The van der Waals surface area contributed by atoms with Gasteiger partial charge < -0.3 is 48.7 Å². The molecule has 0 amide bonds. The van der Waals surface area contributed by atoms with Crippen LogP contribution in [-0.4, -0.2) is 0 Å². The van der Waals surface area contributed by atoms with Crippen LogP contribution in [0.1, 0.15) is 0 Å². The van der Waals surface area contributed by atoms with Gasteiger partial charge in [0.25, 0.3) is 0 Å². The number of fused-ring (bicyclic) bond motifs is 25. The number of furan rings is 5. The van der Waals surface area contributed by atoms with Crippen molar-refractivity contribution in [1.82, 2.24) is 0 Å². The average molecular weight is 1750 g/mol. The van der Waals surface area contributed by atoms with Gasteiger partial charge in [-0.3, -0.25) is 0 Å². The Morgan fingerprint density at radius 2 is 0.368 bits per heavy atom. The molecule has 0 spiro atoms. The maximum absolute atomic E-state index is 5.98. The van der Waals surface area contributed by atoms with E-state index < -0.39 is 0 Å². The summed E-state index contributed by atoms with van der Waals surface area (Å²) in [5.74, 6) is 0. The highest BCUT2D eigenvalue weighted by Gasteiger charge is 2.17. The maximum atomic E-state index is 5.98. The molecule has 0 atom stereocenters. The van der Waals surface area contributed by atoms with E-state index in [1.807, 2.05) is 127 Å². The Morgan fingerprint density at radius 3 is 0.794 bits per heavy atom. The van der Waals surface area contributed by atoms with Crippen LogP contribution in [0.3, 0.4) is 0 Å². The molecule has 0 fully saturated rings. The van der Waals surface area contributed by atoms with E-state index in [2.05, 4.69) is 384 Å². The third-order valence-electron chi connectivity index (χ3n) is 25.5. The first kappa shape index (κ1) is 80.9. The molecule has 5 N–H and O–H groups in total. The van der Waals surface area contributed by atoms with E-state index in [4.69, 9.17) is 22.1 Å². The average Bonchev–Trinajstić information content (AvgIpc) is 1.10. The molecule has 0 unspecified atom stereocenters. The predicted octanol–water partition coefficient (Wildman–Crippen LogP) is 36.9. The number of anilines is 10. The molecular formula is C126H85N5O5. The van der Waals surface area contributed by atoms with E-state index in [9.17, 15) is 0 Å². The summed E-state index contributed by atoms with van der Waals surface area (Å²) < 4.78 is 29.6. The minimum atomic E-state index is 0.910. The molecule has 0 aliphatic rings. The molecule has 5 heterocycles. The Hall–Kier alpha value is -18.4. The molecule has 28 rings (SSSR count). The van der Waals surface area contributed by atoms with Crippen LogP contribution in [0, 0.1) is 0 Å². The summed E-state index contributed by atoms with van der Waals surface area (Å²) in [4.78, 5) is 0. The summed E-state index contributed by atoms with van der Waals surface area (Å²) >= 11 is 0. The van der Waals surface area contributed by atoms with Crippen molar-refractivity contribution in [3.8, 4) is 22.3 Å². The largest absolute Gasteiger partial charge is 0.456 e. The van der Waals surface area contributed by atoms with Gasteiger partial charge in [0, 0.05) is 116 Å². The second-order valence-electron chi connectivity index (χ2n) is 34.2. The van der Waals surface area contributed by atoms with Crippen LogP contribution in [-0.2, 0) is 0 Å². The SMILES string of the molecule is c1ccc(-c2ccc(Nc3ccc4oc5ccccc5c4c3)cc2)cc1.c1ccc(-c2cccc(Nc3ccc4oc5ccccc5c4c3)c2)cc1.c1ccc2c(c1)cc(Nc1ccc3oc4ccccc4c3c1)c1ccccc12.c1ccc2c(c1)oc1ccc(Nc3ccc4c5ccccc5c5ccccc5c4c3)cc12.c1ccc2cc(Nc3ccc4oc5ccccc5c4c3)ccc2c1. The summed E-state index contributed by atoms with van der Waals surface area (Å²) in [6.07, 6.45) is 0. The lowest BCUT2D eigenvalue weighted by Gasteiger charge is -2.13. The molecule has 136 heavy (non-hydrogen) atoms. The summed E-state index contributed by atoms with van der Waals surface area (Å²) in [6.45, 7) is 0. The molecular weight excluding hydrogens is 1660 g/mol. The molecule has 0 saturated carbocycles. The first-order valence-corrected chi connectivity index (χ1v) is 45.8. The van der Waals surface area contributed by atoms with Crippen molar-refractivity contribution in [2.45, 2.75) is 0 Å². The highest BCUT2D eigenvalue weighted by Crippen LogP contribution is 2.43. The van der Waals surface area contributed by atoms with Gasteiger partial charge >= 0.3 is 0 Å². The molecule has 23 aromatic carbocycles. The molecule has 28 aromatic rings. The van der Waals surface area contributed by atoms with Gasteiger partial charge in [-0.2, -0.15) is 0 Å². The van der Waals surface area contributed by atoms with Crippen molar-refractivity contribution >= 4 is 231 Å². The van der Waals surface area contributed by atoms with Gasteiger partial charge in [-0.1, -0.05) is 309 Å². The molecule has 5 aromatic heterocycles. The summed E-state index contributed by atoms with van der Waals surface area (Å²) in [7, 11) is 0. The smallest absolute Gasteiger partial charge is 0.135 e. The Bertz CT molecular complexity index is 9340.